The van der Waals surface area contributed by atoms with Crippen molar-refractivity contribution in [1.82, 2.24) is 0 Å². The summed E-state index contributed by atoms with van der Waals surface area (Å²) < 4.78 is 12.7. The molecule has 58 valence electrons. The van der Waals surface area contributed by atoms with Crippen molar-refractivity contribution in [3.63, 3.8) is 0 Å². The van der Waals surface area contributed by atoms with Crippen LogP contribution in [0, 0.1) is 5.82 Å². The third-order valence-corrected chi connectivity index (χ3v) is 1.31. The SMILES string of the molecule is O=C(Br)Nc1ccccc1F. The maximum atomic E-state index is 12.7. The van der Waals surface area contributed by atoms with Crippen LogP contribution in [0.3, 0.4) is 0 Å². The number of amides is 1. The first kappa shape index (κ1) is 8.20. The van der Waals surface area contributed by atoms with E-state index in [4.69, 9.17) is 0 Å². The second kappa shape index (κ2) is 3.48. The van der Waals surface area contributed by atoms with Crippen molar-refractivity contribution >= 4 is 26.4 Å². The topological polar surface area (TPSA) is 29.1 Å². The predicted octanol–water partition coefficient (Wildman–Crippen LogP) is 2.75. The van der Waals surface area contributed by atoms with Gasteiger partial charge in [0.05, 0.1) is 5.69 Å². The van der Waals surface area contributed by atoms with Gasteiger partial charge in [0.25, 0.3) is 4.82 Å². The summed E-state index contributed by atoms with van der Waals surface area (Å²) in [6, 6.07) is 5.95. The lowest BCUT2D eigenvalue weighted by Crippen LogP contribution is -2.01. The van der Waals surface area contributed by atoms with Crippen molar-refractivity contribution in [2.45, 2.75) is 0 Å². The van der Waals surface area contributed by atoms with Crippen molar-refractivity contribution in [2.24, 2.45) is 0 Å². The van der Waals surface area contributed by atoms with Crippen LogP contribution < -0.4 is 5.32 Å². The van der Waals surface area contributed by atoms with Gasteiger partial charge in [-0.1, -0.05) is 12.1 Å². The molecule has 1 rings (SSSR count). The second-order valence-electron chi connectivity index (χ2n) is 1.88. The number of benzene rings is 1. The van der Waals surface area contributed by atoms with Gasteiger partial charge < -0.3 is 5.32 Å². The number of carbonyl (C=O) groups is 1. The minimum absolute atomic E-state index is 0.175. The average Bonchev–Trinajstić information content (AvgIpc) is 1.93. The zero-order chi connectivity index (χ0) is 8.27. The molecular formula is C7H5BrFNO. The quantitative estimate of drug-likeness (QED) is 0.569. The molecule has 0 fully saturated rings. The molecule has 11 heavy (non-hydrogen) atoms. The average molecular weight is 218 g/mol. The third kappa shape index (κ3) is 2.31. The third-order valence-electron chi connectivity index (χ3n) is 1.11. The molecule has 1 aromatic carbocycles. The van der Waals surface area contributed by atoms with Gasteiger partial charge in [-0.2, -0.15) is 0 Å². The highest BCUT2D eigenvalue weighted by molar-refractivity contribution is 9.18. The minimum atomic E-state index is -0.456. The molecule has 1 N–H and O–H groups in total. The van der Waals surface area contributed by atoms with E-state index in [1.165, 1.54) is 12.1 Å². The number of halogens is 2. The van der Waals surface area contributed by atoms with Gasteiger partial charge in [0.15, 0.2) is 0 Å². The lowest BCUT2D eigenvalue weighted by atomic mass is 10.3. The highest BCUT2D eigenvalue weighted by Crippen LogP contribution is 2.12. The molecule has 0 heterocycles. The molecule has 0 unspecified atom stereocenters. The van der Waals surface area contributed by atoms with Crippen LogP contribution in [-0.2, 0) is 0 Å². The van der Waals surface area contributed by atoms with Gasteiger partial charge in [0, 0.05) is 15.9 Å². The van der Waals surface area contributed by atoms with Crippen molar-refractivity contribution < 1.29 is 9.18 Å². The summed E-state index contributed by atoms with van der Waals surface area (Å²) in [5.41, 5.74) is 0.175. The highest BCUT2D eigenvalue weighted by atomic mass is 79.9. The van der Waals surface area contributed by atoms with Crippen LogP contribution >= 0.6 is 15.9 Å². The molecule has 0 aliphatic carbocycles. The molecule has 0 atom stereocenters. The van der Waals surface area contributed by atoms with Crippen LogP contribution in [0.2, 0.25) is 0 Å². The van der Waals surface area contributed by atoms with Crippen LogP contribution in [0.4, 0.5) is 14.9 Å². The maximum Gasteiger partial charge on any atom is 0.291 e. The molecule has 2 nitrogen and oxygen atoms in total. The lowest BCUT2D eigenvalue weighted by Gasteiger charge is -2.00. The summed E-state index contributed by atoms with van der Waals surface area (Å²) in [6.45, 7) is 0. The Labute approximate surface area is 71.5 Å². The lowest BCUT2D eigenvalue weighted by molar-refractivity contribution is 0.270. The summed E-state index contributed by atoms with van der Waals surface area (Å²) in [7, 11) is 0. The van der Waals surface area contributed by atoms with Crippen LogP contribution in [0.25, 0.3) is 0 Å². The second-order valence-corrected chi connectivity index (χ2v) is 2.60. The molecule has 0 saturated heterocycles. The van der Waals surface area contributed by atoms with Crippen molar-refractivity contribution in [3.8, 4) is 0 Å². The molecular weight excluding hydrogens is 213 g/mol. The number of carbonyl (C=O) groups excluding carboxylic acids is 1. The van der Waals surface area contributed by atoms with E-state index < -0.39 is 10.6 Å². The first-order chi connectivity index (χ1) is 5.20. The molecule has 0 aliphatic rings. The fourth-order valence-electron chi connectivity index (χ4n) is 0.668. The Morgan fingerprint density at radius 2 is 2.09 bits per heavy atom. The highest BCUT2D eigenvalue weighted by Gasteiger charge is 2.00. The van der Waals surface area contributed by atoms with E-state index in [-0.39, 0.29) is 5.69 Å². The van der Waals surface area contributed by atoms with E-state index in [1.807, 2.05) is 0 Å². The van der Waals surface area contributed by atoms with E-state index in [0.29, 0.717) is 0 Å². The Hall–Kier alpha value is -0.900. The van der Waals surface area contributed by atoms with Crippen LogP contribution in [0.5, 0.6) is 0 Å². The Morgan fingerprint density at radius 1 is 1.45 bits per heavy atom. The largest absolute Gasteiger partial charge is 0.314 e. The van der Waals surface area contributed by atoms with E-state index in [1.54, 1.807) is 12.1 Å². The van der Waals surface area contributed by atoms with Gasteiger partial charge >= 0.3 is 0 Å². The minimum Gasteiger partial charge on any atom is -0.314 e. The van der Waals surface area contributed by atoms with Crippen LogP contribution in [0.1, 0.15) is 0 Å². The zero-order valence-corrected chi connectivity index (χ0v) is 7.06. The standard InChI is InChI=1S/C7H5BrFNO/c8-7(11)10-6-4-2-1-3-5(6)9/h1-4H,(H,10,11). The summed E-state index contributed by atoms with van der Waals surface area (Å²) in [6.07, 6.45) is 0. The van der Waals surface area contributed by atoms with Gasteiger partial charge in [0.1, 0.15) is 5.82 Å². The first-order valence-corrected chi connectivity index (χ1v) is 3.70. The molecule has 0 saturated carbocycles. The van der Waals surface area contributed by atoms with E-state index in [0.717, 1.165) is 0 Å². The molecule has 1 amide bonds. The summed E-state index contributed by atoms with van der Waals surface area (Å²) in [5.74, 6) is -0.444. The number of anilines is 1. The van der Waals surface area contributed by atoms with Crippen molar-refractivity contribution in [3.05, 3.63) is 30.1 Å². The zero-order valence-electron chi connectivity index (χ0n) is 5.47. The molecule has 1 aromatic rings. The molecule has 0 spiro atoms. The molecule has 0 aromatic heterocycles. The Morgan fingerprint density at radius 3 is 2.64 bits per heavy atom. The van der Waals surface area contributed by atoms with Crippen LogP contribution in [0.15, 0.2) is 24.3 Å². The smallest absolute Gasteiger partial charge is 0.291 e. The first-order valence-electron chi connectivity index (χ1n) is 2.91. The maximum absolute atomic E-state index is 12.7. The fourth-order valence-corrected chi connectivity index (χ4v) is 0.882. The van der Waals surface area contributed by atoms with Gasteiger partial charge in [-0.25, -0.2) is 4.39 Å². The number of nitrogens with one attached hydrogen (secondary N) is 1. The predicted molar refractivity (Wildman–Crippen MR) is 44.3 cm³/mol. The Balaban J connectivity index is 2.86. The van der Waals surface area contributed by atoms with Crippen molar-refractivity contribution in [1.29, 1.82) is 0 Å². The van der Waals surface area contributed by atoms with E-state index in [9.17, 15) is 9.18 Å². The number of rotatable bonds is 1. The van der Waals surface area contributed by atoms with Gasteiger partial charge in [-0.15, -0.1) is 0 Å². The number of hydrogen-bond acceptors (Lipinski definition) is 1. The fraction of sp³-hybridized carbons (Fsp3) is 0. The molecule has 0 bridgehead atoms. The molecule has 0 radical (unpaired) electrons. The number of para-hydroxylation sites is 1. The van der Waals surface area contributed by atoms with Gasteiger partial charge in [-0.05, 0) is 12.1 Å². The molecule has 4 heteroatoms. The Kier molecular flexibility index (Phi) is 2.59. The monoisotopic (exact) mass is 217 g/mol. The molecule has 0 aliphatic heterocycles. The number of hydrogen-bond donors (Lipinski definition) is 1. The van der Waals surface area contributed by atoms with Gasteiger partial charge in [-0.3, -0.25) is 4.79 Å². The summed E-state index contributed by atoms with van der Waals surface area (Å²) in [4.78, 5) is 9.95. The van der Waals surface area contributed by atoms with E-state index >= 15 is 0 Å². The summed E-state index contributed by atoms with van der Waals surface area (Å²) >= 11 is 2.63. The van der Waals surface area contributed by atoms with Crippen molar-refractivity contribution in [2.75, 3.05) is 5.32 Å². The Bertz CT molecular complexity index is 277. The van der Waals surface area contributed by atoms with Crippen LogP contribution in [-0.4, -0.2) is 4.82 Å². The van der Waals surface area contributed by atoms with Gasteiger partial charge in [0.2, 0.25) is 0 Å². The van der Waals surface area contributed by atoms with E-state index in [2.05, 4.69) is 21.2 Å². The summed E-state index contributed by atoms with van der Waals surface area (Å²) in [5, 5.41) is 2.28. The normalized spacial score (nSPS) is 9.27.